The van der Waals surface area contributed by atoms with Gasteiger partial charge in [-0.1, -0.05) is 127 Å². The van der Waals surface area contributed by atoms with Crippen LogP contribution in [0.2, 0.25) is 0 Å². The molecule has 0 aliphatic heterocycles. The van der Waals surface area contributed by atoms with Crippen molar-refractivity contribution in [2.45, 2.75) is 12.3 Å². The molecule has 1 aliphatic carbocycles. The topological polar surface area (TPSA) is 70.0 Å². The summed E-state index contributed by atoms with van der Waals surface area (Å²) in [6.45, 7) is 0. The highest BCUT2D eigenvalue weighted by molar-refractivity contribution is 6.21. The average Bonchev–Trinajstić information content (AvgIpc) is 3.87. The summed E-state index contributed by atoms with van der Waals surface area (Å²) in [5.74, 6) is 0.786. The largest absolute Gasteiger partial charge is 0.299 e. The van der Waals surface area contributed by atoms with Crippen molar-refractivity contribution in [1.82, 2.24) is 28.5 Å². The van der Waals surface area contributed by atoms with E-state index in [4.69, 9.17) is 15.0 Å². The Morgan fingerprint density at radius 1 is 0.525 bits per heavy atom. The SMILES string of the molecule is O=c1c2nc3ccccc3n2c2ccc(-c3ccc4c(c3)c3c5ccccc5ccc3n4-c3nc(-c4ccccc4)cc(C4C=CC=CC4)n3)cc2n1-c1ccccc1. The molecule has 0 bridgehead atoms. The van der Waals surface area contributed by atoms with Crippen LogP contribution in [0.4, 0.5) is 0 Å². The first kappa shape index (κ1) is 33.3. The van der Waals surface area contributed by atoms with Gasteiger partial charge in [-0.05, 0) is 89.0 Å². The van der Waals surface area contributed by atoms with Gasteiger partial charge >= 0.3 is 0 Å². The van der Waals surface area contributed by atoms with Crippen molar-refractivity contribution in [2.24, 2.45) is 0 Å². The summed E-state index contributed by atoms with van der Waals surface area (Å²) in [6, 6.07) is 56.3. The van der Waals surface area contributed by atoms with Crippen LogP contribution in [0.5, 0.6) is 0 Å². The van der Waals surface area contributed by atoms with E-state index in [9.17, 15) is 4.79 Å². The van der Waals surface area contributed by atoms with Gasteiger partial charge in [0, 0.05) is 27.9 Å². The van der Waals surface area contributed by atoms with Crippen LogP contribution in [0, 0.1) is 0 Å². The van der Waals surface area contributed by atoms with Crippen LogP contribution in [0.1, 0.15) is 18.0 Å². The summed E-state index contributed by atoms with van der Waals surface area (Å²) in [6.07, 6.45) is 9.53. The molecule has 4 heterocycles. The summed E-state index contributed by atoms with van der Waals surface area (Å²) in [7, 11) is 0. The van der Waals surface area contributed by atoms with Crippen molar-refractivity contribution in [3.05, 3.63) is 204 Å². The molecular weight excluding hydrogens is 725 g/mol. The van der Waals surface area contributed by atoms with Crippen molar-refractivity contribution < 1.29 is 0 Å². The molecule has 1 aliphatic rings. The number of imidazole rings is 1. The van der Waals surface area contributed by atoms with Crippen LogP contribution in [-0.4, -0.2) is 28.5 Å². The number of hydrogen-bond donors (Lipinski definition) is 0. The van der Waals surface area contributed by atoms with E-state index in [0.717, 1.165) is 94.8 Å². The highest BCUT2D eigenvalue weighted by Crippen LogP contribution is 2.40. The number of hydrogen-bond acceptors (Lipinski definition) is 4. The van der Waals surface area contributed by atoms with E-state index in [1.165, 1.54) is 0 Å². The molecule has 0 saturated heterocycles. The van der Waals surface area contributed by atoms with Crippen LogP contribution < -0.4 is 5.56 Å². The lowest BCUT2D eigenvalue weighted by molar-refractivity contribution is 0.797. The predicted octanol–water partition coefficient (Wildman–Crippen LogP) is 11.8. The monoisotopic (exact) mass is 758 g/mol. The molecule has 12 rings (SSSR count). The molecule has 0 N–H and O–H groups in total. The molecule has 1 atom stereocenters. The summed E-state index contributed by atoms with van der Waals surface area (Å²) in [4.78, 5) is 29.9. The van der Waals surface area contributed by atoms with Crippen LogP contribution in [0.15, 0.2) is 193 Å². The number of nitrogens with zero attached hydrogens (tertiary/aromatic N) is 6. The summed E-state index contributed by atoms with van der Waals surface area (Å²) in [5, 5.41) is 4.57. The predicted molar refractivity (Wildman–Crippen MR) is 240 cm³/mol. The Hall–Kier alpha value is -7.90. The second-order valence-corrected chi connectivity index (χ2v) is 15.2. The van der Waals surface area contributed by atoms with Crippen molar-refractivity contribution in [1.29, 1.82) is 0 Å². The van der Waals surface area contributed by atoms with Crippen LogP contribution in [-0.2, 0) is 0 Å². The van der Waals surface area contributed by atoms with Crippen molar-refractivity contribution in [3.63, 3.8) is 0 Å². The maximum absolute atomic E-state index is 14.4. The third-order valence-corrected chi connectivity index (χ3v) is 11.8. The molecule has 7 nitrogen and oxygen atoms in total. The first-order chi connectivity index (χ1) is 29.2. The number of fused-ring (bicyclic) bond motifs is 10. The van der Waals surface area contributed by atoms with Crippen molar-refractivity contribution >= 4 is 60.3 Å². The van der Waals surface area contributed by atoms with E-state index >= 15 is 0 Å². The minimum atomic E-state index is -0.168. The zero-order valence-electron chi connectivity index (χ0n) is 31.8. The highest BCUT2D eigenvalue weighted by Gasteiger charge is 2.22. The average molecular weight is 759 g/mol. The Balaban J connectivity index is 1.12. The summed E-state index contributed by atoms with van der Waals surface area (Å²) < 4.78 is 6.02. The van der Waals surface area contributed by atoms with Gasteiger partial charge in [0.2, 0.25) is 11.6 Å². The molecule has 1 unspecified atom stereocenters. The van der Waals surface area contributed by atoms with Gasteiger partial charge in [-0.15, -0.1) is 0 Å². The molecule has 7 heteroatoms. The van der Waals surface area contributed by atoms with Gasteiger partial charge in [-0.2, -0.15) is 0 Å². The van der Waals surface area contributed by atoms with Crippen molar-refractivity contribution in [2.75, 3.05) is 0 Å². The molecule has 278 valence electrons. The van der Waals surface area contributed by atoms with Gasteiger partial charge in [0.15, 0.2) is 0 Å². The molecule has 0 amide bonds. The molecule has 59 heavy (non-hydrogen) atoms. The number of allylic oxidation sites excluding steroid dienone is 4. The maximum Gasteiger partial charge on any atom is 0.299 e. The van der Waals surface area contributed by atoms with Gasteiger partial charge in [0.1, 0.15) is 0 Å². The Morgan fingerprint density at radius 3 is 2.12 bits per heavy atom. The van der Waals surface area contributed by atoms with E-state index in [2.05, 4.69) is 132 Å². The van der Waals surface area contributed by atoms with E-state index in [-0.39, 0.29) is 11.5 Å². The van der Waals surface area contributed by atoms with Crippen LogP contribution in [0.25, 0.3) is 94.3 Å². The Labute approximate surface area is 338 Å². The van der Waals surface area contributed by atoms with Gasteiger partial charge in [0.25, 0.3) is 5.56 Å². The lowest BCUT2D eigenvalue weighted by atomic mass is 9.96. The zero-order chi connectivity index (χ0) is 39.0. The normalized spacial score (nSPS) is 14.1. The number of rotatable bonds is 5. The Bertz CT molecular complexity index is 3610. The molecular formula is C52H34N6O. The fourth-order valence-corrected chi connectivity index (χ4v) is 9.01. The Morgan fingerprint density at radius 2 is 1.27 bits per heavy atom. The van der Waals surface area contributed by atoms with Gasteiger partial charge in [0.05, 0.1) is 44.5 Å². The van der Waals surface area contributed by atoms with Gasteiger partial charge in [-0.25, -0.2) is 15.0 Å². The molecule has 0 spiro atoms. The number of aromatic nitrogens is 6. The first-order valence-corrected chi connectivity index (χ1v) is 19.9. The fraction of sp³-hybridized carbons (Fsp3) is 0.0385. The minimum Gasteiger partial charge on any atom is -0.286 e. The number of benzene rings is 7. The smallest absolute Gasteiger partial charge is 0.286 e. The van der Waals surface area contributed by atoms with E-state index in [1.54, 1.807) is 4.57 Å². The second kappa shape index (κ2) is 13.1. The Kier molecular flexibility index (Phi) is 7.37. The molecule has 0 fully saturated rings. The molecule has 7 aromatic carbocycles. The quantitative estimate of drug-likeness (QED) is 0.175. The van der Waals surface area contributed by atoms with Gasteiger partial charge in [-0.3, -0.25) is 18.3 Å². The van der Waals surface area contributed by atoms with E-state index in [1.807, 2.05) is 65.1 Å². The summed E-state index contributed by atoms with van der Waals surface area (Å²) in [5.41, 5.74) is 11.4. The third-order valence-electron chi connectivity index (χ3n) is 11.8. The lowest BCUT2D eigenvalue weighted by Gasteiger charge is -2.16. The molecule has 4 aromatic heterocycles. The molecule has 11 aromatic rings. The molecule has 0 radical (unpaired) electrons. The fourth-order valence-electron chi connectivity index (χ4n) is 9.01. The maximum atomic E-state index is 14.4. The summed E-state index contributed by atoms with van der Waals surface area (Å²) >= 11 is 0. The second-order valence-electron chi connectivity index (χ2n) is 15.2. The number of para-hydroxylation sites is 3. The lowest BCUT2D eigenvalue weighted by Crippen LogP contribution is -2.21. The first-order valence-electron chi connectivity index (χ1n) is 19.9. The van der Waals surface area contributed by atoms with E-state index < -0.39 is 0 Å². The van der Waals surface area contributed by atoms with Crippen LogP contribution >= 0.6 is 0 Å². The highest BCUT2D eigenvalue weighted by atomic mass is 16.1. The standard InChI is InChI=1S/C52H34N6O/c59-51-50-53-41-22-12-13-23-45(41)57(50)46-28-26-37(31-48(46)56(51)38-19-8-3-9-20-38)36-25-27-44-40(30-36)49-39-21-11-10-14-33(39)24-29-47(49)58(44)52-54-42(34-15-4-1-5-16-34)32-43(55-52)35-17-6-2-7-18-35/h1-17,19-32,35H,18H2. The third kappa shape index (κ3) is 5.21. The molecule has 0 saturated carbocycles. The minimum absolute atomic E-state index is 0.146. The van der Waals surface area contributed by atoms with E-state index in [0.29, 0.717) is 11.6 Å². The van der Waals surface area contributed by atoms with Crippen molar-refractivity contribution in [3.8, 4) is 34.0 Å². The van der Waals surface area contributed by atoms with Gasteiger partial charge < -0.3 is 0 Å². The zero-order valence-corrected chi connectivity index (χ0v) is 31.8. The van der Waals surface area contributed by atoms with Crippen LogP contribution in [0.3, 0.4) is 0 Å².